The predicted molar refractivity (Wildman–Crippen MR) is 86.2 cm³/mol. The number of aryl methyl sites for hydroxylation is 1. The molecular weight excluding hydrogens is 315 g/mol. The van der Waals surface area contributed by atoms with E-state index in [1.165, 1.54) is 21.7 Å². The van der Waals surface area contributed by atoms with Gasteiger partial charge in [0.05, 0.1) is 18.4 Å². The van der Waals surface area contributed by atoms with Crippen LogP contribution in [0.15, 0.2) is 42.6 Å². The Labute approximate surface area is 137 Å². The number of aromatic nitrogens is 3. The van der Waals surface area contributed by atoms with E-state index in [4.69, 9.17) is 0 Å². The lowest BCUT2D eigenvalue weighted by Gasteiger charge is -2.14. The Bertz CT molecular complexity index is 825. The molecule has 0 fully saturated rings. The molecule has 118 valence electrons. The van der Waals surface area contributed by atoms with Crippen molar-refractivity contribution < 1.29 is 9.18 Å². The van der Waals surface area contributed by atoms with Gasteiger partial charge in [-0.1, -0.05) is 5.21 Å². The van der Waals surface area contributed by atoms with E-state index in [0.717, 1.165) is 4.88 Å². The van der Waals surface area contributed by atoms with Crippen LogP contribution in [-0.4, -0.2) is 32.8 Å². The zero-order valence-electron chi connectivity index (χ0n) is 12.7. The molecule has 1 amide bonds. The maximum Gasteiger partial charge on any atom is 0.276 e. The molecule has 1 aromatic carbocycles. The van der Waals surface area contributed by atoms with Gasteiger partial charge in [0.2, 0.25) is 0 Å². The van der Waals surface area contributed by atoms with Crippen LogP contribution < -0.4 is 0 Å². The smallest absolute Gasteiger partial charge is 0.276 e. The van der Waals surface area contributed by atoms with E-state index in [1.807, 2.05) is 19.1 Å². The number of amides is 1. The fourth-order valence-electron chi connectivity index (χ4n) is 2.15. The third kappa shape index (κ3) is 3.45. The van der Waals surface area contributed by atoms with Gasteiger partial charge >= 0.3 is 0 Å². The van der Waals surface area contributed by atoms with Gasteiger partial charge in [-0.3, -0.25) is 4.79 Å². The summed E-state index contributed by atoms with van der Waals surface area (Å²) in [6.45, 7) is 2.56. The van der Waals surface area contributed by atoms with Crippen LogP contribution in [0.4, 0.5) is 4.39 Å². The summed E-state index contributed by atoms with van der Waals surface area (Å²) in [4.78, 5) is 16.3. The third-order valence-corrected chi connectivity index (χ3v) is 4.32. The minimum Gasteiger partial charge on any atom is -0.335 e. The maximum absolute atomic E-state index is 12.9. The van der Waals surface area contributed by atoms with Gasteiger partial charge in [-0.2, -0.15) is 0 Å². The van der Waals surface area contributed by atoms with Crippen molar-refractivity contribution in [2.24, 2.45) is 0 Å². The molecule has 3 rings (SSSR count). The van der Waals surface area contributed by atoms with Crippen LogP contribution in [0.3, 0.4) is 0 Å². The highest BCUT2D eigenvalue weighted by Gasteiger charge is 2.17. The molecule has 0 radical (unpaired) electrons. The Balaban J connectivity index is 1.74. The van der Waals surface area contributed by atoms with E-state index >= 15 is 0 Å². The van der Waals surface area contributed by atoms with Crippen molar-refractivity contribution in [2.45, 2.75) is 13.5 Å². The predicted octanol–water partition coefficient (Wildman–Crippen LogP) is 3.05. The van der Waals surface area contributed by atoms with Crippen LogP contribution >= 0.6 is 11.3 Å². The number of thiophene rings is 1. The minimum atomic E-state index is -0.323. The normalized spacial score (nSPS) is 10.7. The number of hydrogen-bond donors (Lipinski definition) is 0. The van der Waals surface area contributed by atoms with E-state index < -0.39 is 0 Å². The largest absolute Gasteiger partial charge is 0.335 e. The fourth-order valence-corrected chi connectivity index (χ4v) is 3.10. The molecule has 7 heteroatoms. The van der Waals surface area contributed by atoms with Gasteiger partial charge in [0.25, 0.3) is 5.91 Å². The van der Waals surface area contributed by atoms with Gasteiger partial charge < -0.3 is 4.90 Å². The Morgan fingerprint density at radius 3 is 2.65 bits per heavy atom. The summed E-state index contributed by atoms with van der Waals surface area (Å²) < 4.78 is 14.4. The summed E-state index contributed by atoms with van der Waals surface area (Å²) in [5.74, 6) is -0.527. The van der Waals surface area contributed by atoms with Gasteiger partial charge in [-0.15, -0.1) is 16.4 Å². The van der Waals surface area contributed by atoms with Crippen LogP contribution in [0.1, 0.15) is 20.2 Å². The van der Waals surface area contributed by atoms with E-state index in [-0.39, 0.29) is 17.4 Å². The Kier molecular flexibility index (Phi) is 4.20. The van der Waals surface area contributed by atoms with E-state index in [1.54, 1.807) is 41.6 Å². The molecule has 2 heterocycles. The van der Waals surface area contributed by atoms with Crippen molar-refractivity contribution in [1.82, 2.24) is 19.9 Å². The van der Waals surface area contributed by atoms with E-state index in [0.29, 0.717) is 12.2 Å². The molecule has 0 N–H and O–H groups in total. The van der Waals surface area contributed by atoms with Gasteiger partial charge in [-0.05, 0) is 43.3 Å². The van der Waals surface area contributed by atoms with Gasteiger partial charge in [-0.25, -0.2) is 9.07 Å². The maximum atomic E-state index is 12.9. The summed E-state index contributed by atoms with van der Waals surface area (Å²) in [6.07, 6.45) is 1.55. The van der Waals surface area contributed by atoms with Crippen molar-refractivity contribution >= 4 is 17.2 Å². The minimum absolute atomic E-state index is 0.204. The van der Waals surface area contributed by atoms with Gasteiger partial charge in [0, 0.05) is 16.8 Å². The van der Waals surface area contributed by atoms with Crippen LogP contribution in [0.5, 0.6) is 0 Å². The quantitative estimate of drug-likeness (QED) is 0.739. The third-order valence-electron chi connectivity index (χ3n) is 3.34. The first-order valence-electron chi connectivity index (χ1n) is 7.02. The van der Waals surface area contributed by atoms with Crippen molar-refractivity contribution in [3.8, 4) is 5.69 Å². The van der Waals surface area contributed by atoms with E-state index in [9.17, 15) is 9.18 Å². The Hall–Kier alpha value is -2.54. The summed E-state index contributed by atoms with van der Waals surface area (Å²) in [5, 5.41) is 7.84. The SMILES string of the molecule is Cc1ccc(CN(C)C(=O)c2cn(-c3ccc(F)cc3)nn2)s1. The first-order chi connectivity index (χ1) is 11.0. The summed E-state index contributed by atoms with van der Waals surface area (Å²) >= 11 is 1.66. The molecule has 23 heavy (non-hydrogen) atoms. The molecule has 5 nitrogen and oxygen atoms in total. The van der Waals surface area contributed by atoms with Gasteiger partial charge in [0.1, 0.15) is 5.82 Å². The number of carbonyl (C=O) groups is 1. The van der Waals surface area contributed by atoms with Crippen molar-refractivity contribution in [1.29, 1.82) is 0 Å². The number of halogens is 1. The first-order valence-corrected chi connectivity index (χ1v) is 7.83. The highest BCUT2D eigenvalue weighted by Crippen LogP contribution is 2.17. The van der Waals surface area contributed by atoms with Crippen LogP contribution in [0.25, 0.3) is 5.69 Å². The highest BCUT2D eigenvalue weighted by molar-refractivity contribution is 7.11. The zero-order valence-corrected chi connectivity index (χ0v) is 13.5. The van der Waals surface area contributed by atoms with Gasteiger partial charge in [0.15, 0.2) is 5.69 Å². The van der Waals surface area contributed by atoms with Crippen LogP contribution in [-0.2, 0) is 6.54 Å². The second-order valence-corrected chi connectivity index (χ2v) is 6.57. The molecular formula is C16H15FN4OS. The van der Waals surface area contributed by atoms with E-state index in [2.05, 4.69) is 10.3 Å². The molecule has 0 saturated carbocycles. The second-order valence-electron chi connectivity index (χ2n) is 5.20. The number of rotatable bonds is 4. The zero-order chi connectivity index (χ0) is 16.4. The van der Waals surface area contributed by atoms with Crippen molar-refractivity contribution in [3.05, 3.63) is 63.9 Å². The van der Waals surface area contributed by atoms with Crippen LogP contribution in [0, 0.1) is 12.7 Å². The molecule has 0 atom stereocenters. The average molecular weight is 330 g/mol. The molecule has 0 spiro atoms. The van der Waals surface area contributed by atoms with Crippen molar-refractivity contribution in [2.75, 3.05) is 7.05 Å². The molecule has 2 aromatic heterocycles. The molecule has 0 bridgehead atoms. The number of benzene rings is 1. The standard InChI is InChI=1S/C16H15FN4OS/c1-11-3-8-14(23-11)9-20(2)16(22)15-10-21(19-18-15)13-6-4-12(17)5-7-13/h3-8,10H,9H2,1-2H3. The fraction of sp³-hybridized carbons (Fsp3) is 0.188. The summed E-state index contributed by atoms with van der Waals surface area (Å²) in [7, 11) is 1.73. The molecule has 0 aliphatic heterocycles. The molecule has 0 aliphatic rings. The van der Waals surface area contributed by atoms with Crippen molar-refractivity contribution in [3.63, 3.8) is 0 Å². The topological polar surface area (TPSA) is 51.0 Å². The number of carbonyl (C=O) groups excluding carboxylic acids is 1. The Morgan fingerprint density at radius 1 is 1.26 bits per heavy atom. The number of hydrogen-bond acceptors (Lipinski definition) is 4. The lowest BCUT2D eigenvalue weighted by Crippen LogP contribution is -2.26. The number of nitrogens with zero attached hydrogens (tertiary/aromatic N) is 4. The van der Waals surface area contributed by atoms with Crippen LogP contribution in [0.2, 0.25) is 0 Å². The monoisotopic (exact) mass is 330 g/mol. The molecule has 0 saturated heterocycles. The lowest BCUT2D eigenvalue weighted by molar-refractivity contribution is 0.0780. The first kappa shape index (κ1) is 15.4. The molecule has 3 aromatic rings. The second kappa shape index (κ2) is 6.29. The Morgan fingerprint density at radius 2 is 2.00 bits per heavy atom. The summed E-state index contributed by atoms with van der Waals surface area (Å²) in [5.41, 5.74) is 0.902. The summed E-state index contributed by atoms with van der Waals surface area (Å²) in [6, 6.07) is 9.88. The lowest BCUT2D eigenvalue weighted by atomic mass is 10.3. The molecule has 0 aliphatic carbocycles. The highest BCUT2D eigenvalue weighted by atomic mass is 32.1. The molecule has 0 unspecified atom stereocenters. The average Bonchev–Trinajstić information content (AvgIpc) is 3.16.